The van der Waals surface area contributed by atoms with Crippen molar-refractivity contribution >= 4 is 22.4 Å². The minimum atomic E-state index is 0.0555. The van der Waals surface area contributed by atoms with Gasteiger partial charge in [-0.1, -0.05) is 6.07 Å². The smallest absolute Gasteiger partial charge is 0.128 e. The summed E-state index contributed by atoms with van der Waals surface area (Å²) in [6.45, 7) is 11.6. The van der Waals surface area contributed by atoms with Gasteiger partial charge in [-0.3, -0.25) is 14.8 Å². The summed E-state index contributed by atoms with van der Waals surface area (Å²) in [4.78, 5) is 19.3. The second-order valence-corrected chi connectivity index (χ2v) is 11.2. The number of methoxy groups -OCH3 is 1. The lowest BCUT2D eigenvalue weighted by molar-refractivity contribution is 0.0976. The molecule has 1 aromatic carbocycles. The van der Waals surface area contributed by atoms with Crippen LogP contribution in [0.3, 0.4) is 0 Å². The summed E-state index contributed by atoms with van der Waals surface area (Å²) in [6, 6.07) is 15.0. The van der Waals surface area contributed by atoms with Gasteiger partial charge < -0.3 is 20.3 Å². The second-order valence-electron chi connectivity index (χ2n) is 11.2. The van der Waals surface area contributed by atoms with Crippen LogP contribution in [0.2, 0.25) is 0 Å². The summed E-state index contributed by atoms with van der Waals surface area (Å²) in [5.41, 5.74) is 10.7. The Bertz CT molecular complexity index is 1440. The Labute approximate surface area is 232 Å². The standard InChI is InChI=1S/C30H38N8O/c1-20-14-37(27-8-6-22(13-31)30-25(27)5-4-10-33-30)17-24-16-36(11-12-38(20)24)29-9-7-23(21(2)34-29)15-35-18-26(32)28(19-35)39-3/h4-10,20,24,26,28H,11-12,14-19,32H2,1-3H3/t20-,24-,26+,28?/m0/s1/i10D. The predicted octanol–water partition coefficient (Wildman–Crippen LogP) is 2.37. The van der Waals surface area contributed by atoms with E-state index >= 15 is 0 Å². The van der Waals surface area contributed by atoms with E-state index in [0.717, 1.165) is 74.9 Å². The number of fused-ring (bicyclic) bond motifs is 2. The number of aromatic nitrogens is 2. The van der Waals surface area contributed by atoms with Gasteiger partial charge in [0.15, 0.2) is 0 Å². The van der Waals surface area contributed by atoms with E-state index in [1.54, 1.807) is 13.2 Å². The van der Waals surface area contributed by atoms with E-state index < -0.39 is 0 Å². The lowest BCUT2D eigenvalue weighted by Crippen LogP contribution is -2.65. The van der Waals surface area contributed by atoms with Crippen LogP contribution >= 0.6 is 0 Å². The zero-order chi connectivity index (χ0) is 28.0. The van der Waals surface area contributed by atoms with Crippen molar-refractivity contribution < 1.29 is 6.11 Å². The van der Waals surface area contributed by atoms with Gasteiger partial charge in [0.25, 0.3) is 0 Å². The zero-order valence-electron chi connectivity index (χ0n) is 24.0. The van der Waals surface area contributed by atoms with Crippen LogP contribution in [0.25, 0.3) is 10.9 Å². The number of pyridine rings is 2. The van der Waals surface area contributed by atoms with Crippen LogP contribution in [0, 0.1) is 18.3 Å². The summed E-state index contributed by atoms with van der Waals surface area (Å²) >= 11 is 0. The van der Waals surface area contributed by atoms with E-state index in [0.29, 0.717) is 23.2 Å². The Morgan fingerprint density at radius 2 is 1.95 bits per heavy atom. The van der Waals surface area contributed by atoms with Gasteiger partial charge >= 0.3 is 0 Å². The van der Waals surface area contributed by atoms with Crippen molar-refractivity contribution in [2.45, 2.75) is 44.6 Å². The van der Waals surface area contributed by atoms with E-state index in [1.807, 2.05) is 18.2 Å². The van der Waals surface area contributed by atoms with Crippen molar-refractivity contribution in [1.29, 1.82) is 5.26 Å². The van der Waals surface area contributed by atoms with Crippen LogP contribution in [0.1, 0.15) is 25.1 Å². The van der Waals surface area contributed by atoms with Gasteiger partial charge in [-0.15, -0.1) is 0 Å². The number of hydrogen-bond donors (Lipinski definition) is 1. The first-order valence-corrected chi connectivity index (χ1v) is 13.9. The fraction of sp³-hybridized carbons (Fsp3) is 0.500. The number of ether oxygens (including phenoxy) is 1. The number of nitrogens with zero attached hydrogens (tertiary/aromatic N) is 7. The summed E-state index contributed by atoms with van der Waals surface area (Å²) < 4.78 is 13.5. The third kappa shape index (κ3) is 4.94. The highest BCUT2D eigenvalue weighted by Crippen LogP contribution is 2.32. The minimum absolute atomic E-state index is 0.0555. The molecule has 2 aromatic heterocycles. The van der Waals surface area contributed by atoms with Crippen LogP contribution < -0.4 is 15.5 Å². The highest BCUT2D eigenvalue weighted by molar-refractivity contribution is 5.95. The lowest BCUT2D eigenvalue weighted by Gasteiger charge is -2.51. The summed E-state index contributed by atoms with van der Waals surface area (Å²) in [5.74, 6) is 1.04. The average Bonchev–Trinajstić information content (AvgIpc) is 3.31. The Balaban J connectivity index is 1.19. The average molecular weight is 528 g/mol. The molecule has 3 aromatic rings. The quantitative estimate of drug-likeness (QED) is 0.536. The second kappa shape index (κ2) is 10.7. The molecular weight excluding hydrogens is 488 g/mol. The number of anilines is 2. The van der Waals surface area contributed by atoms with Gasteiger partial charge in [0.05, 0.1) is 18.6 Å². The molecule has 3 aliphatic heterocycles. The molecule has 0 saturated carbocycles. The zero-order valence-corrected chi connectivity index (χ0v) is 23.0. The van der Waals surface area contributed by atoms with Crippen molar-refractivity contribution in [2.75, 3.05) is 62.7 Å². The molecule has 9 heteroatoms. The van der Waals surface area contributed by atoms with Crippen molar-refractivity contribution in [1.82, 2.24) is 19.8 Å². The SMILES string of the molecule is [2H]c1ccc2c(N3C[C@@H]4CN(c5ccc(CN6CC(OC)[C@H](N)C6)c(C)n5)CCN4[C@@H](C)C3)ccc(C#N)c2n1. The van der Waals surface area contributed by atoms with E-state index in [1.165, 1.54) is 5.56 Å². The van der Waals surface area contributed by atoms with Gasteiger partial charge in [0, 0.05) is 101 Å². The molecule has 2 N–H and O–H groups in total. The van der Waals surface area contributed by atoms with Crippen LogP contribution in [0.4, 0.5) is 11.5 Å². The van der Waals surface area contributed by atoms with Gasteiger partial charge in [0.2, 0.25) is 0 Å². The number of piperazine rings is 2. The molecule has 0 aliphatic carbocycles. The largest absolute Gasteiger partial charge is 0.378 e. The number of likely N-dealkylation sites (tertiary alicyclic amines) is 1. The monoisotopic (exact) mass is 527 g/mol. The molecule has 204 valence electrons. The fourth-order valence-electron chi connectivity index (χ4n) is 6.66. The molecule has 3 saturated heterocycles. The first-order valence-electron chi connectivity index (χ1n) is 14.4. The molecule has 3 fully saturated rings. The number of rotatable bonds is 5. The molecule has 4 atom stereocenters. The molecule has 9 nitrogen and oxygen atoms in total. The van der Waals surface area contributed by atoms with Crippen LogP contribution in [-0.2, 0) is 11.3 Å². The third-order valence-electron chi connectivity index (χ3n) is 8.75. The molecule has 0 amide bonds. The van der Waals surface area contributed by atoms with E-state index in [4.69, 9.17) is 16.8 Å². The summed E-state index contributed by atoms with van der Waals surface area (Å²) in [5, 5.41) is 10.5. The number of aryl methyl sites for hydroxylation is 1. The third-order valence-corrected chi connectivity index (χ3v) is 8.75. The number of hydrogen-bond acceptors (Lipinski definition) is 9. The Hall–Kier alpha value is -3.29. The van der Waals surface area contributed by atoms with Gasteiger partial charge in [-0.25, -0.2) is 4.98 Å². The van der Waals surface area contributed by atoms with Crippen LogP contribution in [0.5, 0.6) is 0 Å². The molecule has 0 bridgehead atoms. The number of nitrogens with two attached hydrogens (primary N) is 1. The molecule has 0 spiro atoms. The molecule has 0 radical (unpaired) electrons. The molecular formula is C30H38N8O. The molecule has 3 aliphatic rings. The van der Waals surface area contributed by atoms with Gasteiger partial charge in [-0.2, -0.15) is 5.26 Å². The molecule has 39 heavy (non-hydrogen) atoms. The molecule has 5 heterocycles. The first-order chi connectivity index (χ1) is 19.3. The lowest BCUT2D eigenvalue weighted by atomic mass is 10.0. The minimum Gasteiger partial charge on any atom is -0.378 e. The first kappa shape index (κ1) is 24.7. The number of benzene rings is 1. The van der Waals surface area contributed by atoms with Crippen LogP contribution in [0.15, 0.2) is 42.6 Å². The Morgan fingerprint density at radius 3 is 2.72 bits per heavy atom. The van der Waals surface area contributed by atoms with Gasteiger partial charge in [0.1, 0.15) is 11.9 Å². The van der Waals surface area contributed by atoms with Gasteiger partial charge in [-0.05, 0) is 49.7 Å². The normalized spacial score (nSPS) is 26.5. The van der Waals surface area contributed by atoms with E-state index in [9.17, 15) is 5.26 Å². The highest BCUT2D eigenvalue weighted by Gasteiger charge is 2.37. The maximum absolute atomic E-state index is 9.60. The maximum Gasteiger partial charge on any atom is 0.128 e. The maximum atomic E-state index is 9.60. The van der Waals surface area contributed by atoms with Crippen molar-refractivity contribution in [3.63, 3.8) is 0 Å². The Kier molecular flexibility index (Phi) is 6.79. The molecule has 1 unspecified atom stereocenters. The van der Waals surface area contributed by atoms with Crippen LogP contribution in [-0.4, -0.2) is 96.9 Å². The molecule has 6 rings (SSSR count). The van der Waals surface area contributed by atoms with E-state index in [-0.39, 0.29) is 18.3 Å². The number of nitriles is 1. The van der Waals surface area contributed by atoms with Crippen molar-refractivity contribution in [2.24, 2.45) is 5.73 Å². The van der Waals surface area contributed by atoms with Crippen molar-refractivity contribution in [3.8, 4) is 6.07 Å². The highest BCUT2D eigenvalue weighted by atomic mass is 16.5. The summed E-state index contributed by atoms with van der Waals surface area (Å²) in [7, 11) is 1.74. The summed E-state index contributed by atoms with van der Waals surface area (Å²) in [6.07, 6.45) is 0.272. The fourth-order valence-corrected chi connectivity index (χ4v) is 6.66. The topological polar surface area (TPSA) is 97.8 Å². The van der Waals surface area contributed by atoms with Crippen molar-refractivity contribution in [3.05, 3.63) is 59.4 Å². The van der Waals surface area contributed by atoms with E-state index in [2.05, 4.69) is 56.6 Å². The predicted molar refractivity (Wildman–Crippen MR) is 154 cm³/mol. The Morgan fingerprint density at radius 1 is 1.10 bits per heavy atom.